The summed E-state index contributed by atoms with van der Waals surface area (Å²) in [5.74, 6) is 1.13. The van der Waals surface area contributed by atoms with Crippen molar-refractivity contribution >= 4 is 0 Å². The van der Waals surface area contributed by atoms with Crippen molar-refractivity contribution in [2.75, 3.05) is 13.7 Å². The molecular formula is C14H27N3O. The van der Waals surface area contributed by atoms with Crippen LogP contribution in [0.25, 0.3) is 0 Å². The highest BCUT2D eigenvalue weighted by molar-refractivity contribution is 5.00. The van der Waals surface area contributed by atoms with Crippen molar-refractivity contribution in [1.82, 2.24) is 14.9 Å². The van der Waals surface area contributed by atoms with Crippen molar-refractivity contribution in [3.63, 3.8) is 0 Å². The molecule has 1 heterocycles. The lowest BCUT2D eigenvalue weighted by atomic mass is 9.90. The molecule has 0 saturated heterocycles. The van der Waals surface area contributed by atoms with E-state index in [2.05, 4.69) is 42.6 Å². The molecule has 1 aromatic heterocycles. The first-order chi connectivity index (χ1) is 8.61. The van der Waals surface area contributed by atoms with Gasteiger partial charge in [0.1, 0.15) is 5.82 Å². The van der Waals surface area contributed by atoms with Gasteiger partial charge < -0.3 is 14.6 Å². The maximum Gasteiger partial charge on any atom is 0.110 e. The molecular weight excluding hydrogens is 226 g/mol. The van der Waals surface area contributed by atoms with E-state index < -0.39 is 0 Å². The van der Waals surface area contributed by atoms with Crippen LogP contribution < -0.4 is 5.32 Å². The minimum absolute atomic E-state index is 0.152. The number of nitrogens with one attached hydrogen (secondary N) is 1. The number of aryl methyl sites for hydroxylation is 1. The number of ether oxygens (including phenoxy) is 1. The third kappa shape index (κ3) is 3.33. The molecule has 1 N–H and O–H groups in total. The predicted molar refractivity (Wildman–Crippen MR) is 74.8 cm³/mol. The second-order valence-electron chi connectivity index (χ2n) is 4.81. The summed E-state index contributed by atoms with van der Waals surface area (Å²) in [7, 11) is 1.79. The molecule has 0 fully saturated rings. The minimum Gasteiger partial charge on any atom is -0.377 e. The molecule has 18 heavy (non-hydrogen) atoms. The Balaban J connectivity index is 2.86. The Bertz CT molecular complexity index is 345. The van der Waals surface area contributed by atoms with Crippen LogP contribution in [0.15, 0.2) is 12.4 Å². The van der Waals surface area contributed by atoms with Gasteiger partial charge in [-0.3, -0.25) is 0 Å². The Labute approximate surface area is 111 Å². The van der Waals surface area contributed by atoms with Crippen LogP contribution in [0.3, 0.4) is 0 Å². The molecule has 0 spiro atoms. The molecule has 0 aliphatic heterocycles. The van der Waals surface area contributed by atoms with Gasteiger partial charge in [-0.15, -0.1) is 0 Å². The fourth-order valence-electron chi connectivity index (χ4n) is 2.28. The lowest BCUT2D eigenvalue weighted by Gasteiger charge is -2.36. The number of methoxy groups -OCH3 is 1. The fourth-order valence-corrected chi connectivity index (χ4v) is 2.28. The van der Waals surface area contributed by atoms with Crippen molar-refractivity contribution < 1.29 is 4.74 Å². The standard InChI is InChI=1S/C14H27N3O/c1-6-14(4,18-5)12(15-7-2)11-13-16-9-10-17(13)8-3/h9-10,12,15H,6-8,11H2,1-5H3. The molecule has 1 aromatic rings. The second-order valence-corrected chi connectivity index (χ2v) is 4.81. The molecule has 0 bridgehead atoms. The van der Waals surface area contributed by atoms with E-state index in [1.165, 1.54) is 0 Å². The highest BCUT2D eigenvalue weighted by atomic mass is 16.5. The van der Waals surface area contributed by atoms with Gasteiger partial charge in [0, 0.05) is 38.5 Å². The summed E-state index contributed by atoms with van der Waals surface area (Å²) < 4.78 is 7.91. The second kappa shape index (κ2) is 6.90. The quantitative estimate of drug-likeness (QED) is 0.772. The van der Waals surface area contributed by atoms with Gasteiger partial charge in [-0.1, -0.05) is 13.8 Å². The molecule has 0 saturated carbocycles. The smallest absolute Gasteiger partial charge is 0.110 e. The van der Waals surface area contributed by atoms with Gasteiger partial charge in [-0.25, -0.2) is 4.98 Å². The zero-order chi connectivity index (χ0) is 13.6. The molecule has 4 heteroatoms. The summed E-state index contributed by atoms with van der Waals surface area (Å²) in [5, 5.41) is 3.54. The Morgan fingerprint density at radius 2 is 2.17 bits per heavy atom. The predicted octanol–water partition coefficient (Wildman–Crippen LogP) is 2.24. The van der Waals surface area contributed by atoms with Gasteiger partial charge in [0.05, 0.1) is 5.60 Å². The largest absolute Gasteiger partial charge is 0.377 e. The van der Waals surface area contributed by atoms with E-state index in [0.29, 0.717) is 0 Å². The third-order valence-electron chi connectivity index (χ3n) is 3.89. The van der Waals surface area contributed by atoms with Crippen LogP contribution in [0.1, 0.15) is 39.9 Å². The van der Waals surface area contributed by atoms with Crippen molar-refractivity contribution in [2.45, 2.75) is 58.7 Å². The van der Waals surface area contributed by atoms with Gasteiger partial charge in [0.15, 0.2) is 0 Å². The maximum absolute atomic E-state index is 5.72. The van der Waals surface area contributed by atoms with Gasteiger partial charge in [0.25, 0.3) is 0 Å². The molecule has 104 valence electrons. The van der Waals surface area contributed by atoms with Crippen LogP contribution in [0, 0.1) is 0 Å². The Morgan fingerprint density at radius 3 is 2.67 bits per heavy atom. The highest BCUT2D eigenvalue weighted by Gasteiger charge is 2.32. The summed E-state index contributed by atoms with van der Waals surface area (Å²) in [6, 6.07) is 0.283. The monoisotopic (exact) mass is 253 g/mol. The summed E-state index contributed by atoms with van der Waals surface area (Å²) in [6.07, 6.45) is 5.78. The lowest BCUT2D eigenvalue weighted by Crippen LogP contribution is -2.51. The first-order valence-electron chi connectivity index (χ1n) is 6.89. The Hall–Kier alpha value is -0.870. The number of aromatic nitrogens is 2. The van der Waals surface area contributed by atoms with E-state index in [0.717, 1.165) is 31.8 Å². The minimum atomic E-state index is -0.152. The van der Waals surface area contributed by atoms with E-state index in [9.17, 15) is 0 Å². The first kappa shape index (κ1) is 15.2. The van der Waals surface area contributed by atoms with E-state index in [1.807, 2.05) is 12.4 Å². The van der Waals surface area contributed by atoms with E-state index >= 15 is 0 Å². The van der Waals surface area contributed by atoms with Crippen molar-refractivity contribution in [2.24, 2.45) is 0 Å². The third-order valence-corrected chi connectivity index (χ3v) is 3.89. The van der Waals surface area contributed by atoms with Crippen LogP contribution in [-0.4, -0.2) is 34.8 Å². The molecule has 0 aromatic carbocycles. The SMILES string of the molecule is CCNC(Cc1nccn1CC)C(C)(CC)OC. The average Bonchev–Trinajstić information content (AvgIpc) is 2.84. The van der Waals surface area contributed by atoms with Gasteiger partial charge >= 0.3 is 0 Å². The molecule has 4 nitrogen and oxygen atoms in total. The number of nitrogens with zero attached hydrogens (tertiary/aromatic N) is 2. The van der Waals surface area contributed by atoms with Crippen LogP contribution in [-0.2, 0) is 17.7 Å². The van der Waals surface area contributed by atoms with Gasteiger partial charge in [0.2, 0.25) is 0 Å². The summed E-state index contributed by atoms with van der Waals surface area (Å²) in [6.45, 7) is 10.5. The number of imidazole rings is 1. The van der Waals surface area contributed by atoms with E-state index in [-0.39, 0.29) is 11.6 Å². The Morgan fingerprint density at radius 1 is 1.44 bits per heavy atom. The van der Waals surface area contributed by atoms with Crippen LogP contribution >= 0.6 is 0 Å². The first-order valence-corrected chi connectivity index (χ1v) is 6.89. The summed E-state index contributed by atoms with van der Waals surface area (Å²) >= 11 is 0. The Kier molecular flexibility index (Phi) is 5.82. The number of hydrogen-bond acceptors (Lipinski definition) is 3. The molecule has 2 unspecified atom stereocenters. The number of hydrogen-bond donors (Lipinski definition) is 1. The van der Waals surface area contributed by atoms with Crippen LogP contribution in [0.5, 0.6) is 0 Å². The fraction of sp³-hybridized carbons (Fsp3) is 0.786. The van der Waals surface area contributed by atoms with Crippen LogP contribution in [0.4, 0.5) is 0 Å². The highest BCUT2D eigenvalue weighted by Crippen LogP contribution is 2.22. The molecule has 0 aliphatic carbocycles. The lowest BCUT2D eigenvalue weighted by molar-refractivity contribution is -0.0290. The topological polar surface area (TPSA) is 39.1 Å². The number of rotatable bonds is 8. The van der Waals surface area contributed by atoms with Gasteiger partial charge in [-0.05, 0) is 26.8 Å². The van der Waals surface area contributed by atoms with E-state index in [4.69, 9.17) is 4.74 Å². The average molecular weight is 253 g/mol. The zero-order valence-corrected chi connectivity index (χ0v) is 12.4. The molecule has 0 amide bonds. The zero-order valence-electron chi connectivity index (χ0n) is 12.4. The molecule has 2 atom stereocenters. The maximum atomic E-state index is 5.72. The van der Waals surface area contributed by atoms with Crippen LogP contribution in [0.2, 0.25) is 0 Å². The molecule has 0 aliphatic rings. The van der Waals surface area contributed by atoms with E-state index in [1.54, 1.807) is 7.11 Å². The molecule has 1 rings (SSSR count). The molecule has 0 radical (unpaired) electrons. The summed E-state index contributed by atoms with van der Waals surface area (Å²) in [4.78, 5) is 4.46. The van der Waals surface area contributed by atoms with Crippen molar-refractivity contribution in [3.05, 3.63) is 18.2 Å². The van der Waals surface area contributed by atoms with Crippen molar-refractivity contribution in [1.29, 1.82) is 0 Å². The van der Waals surface area contributed by atoms with Gasteiger partial charge in [-0.2, -0.15) is 0 Å². The normalized spacial score (nSPS) is 16.5. The van der Waals surface area contributed by atoms with Crippen molar-refractivity contribution in [3.8, 4) is 0 Å². The number of likely N-dealkylation sites (N-methyl/N-ethyl adjacent to an activating group) is 1. The summed E-state index contributed by atoms with van der Waals surface area (Å²) in [5.41, 5.74) is -0.152.